The van der Waals surface area contributed by atoms with E-state index in [9.17, 15) is 0 Å². The summed E-state index contributed by atoms with van der Waals surface area (Å²) in [4.78, 5) is 0. The molecule has 1 aliphatic carbocycles. The maximum Gasteiger partial charge on any atom is 0.205 e. The molecule has 0 unspecified atom stereocenters. The predicted octanol–water partition coefficient (Wildman–Crippen LogP) is 2.36. The zero-order chi connectivity index (χ0) is 21.5. The summed E-state index contributed by atoms with van der Waals surface area (Å²) in [6, 6.07) is 14.5. The van der Waals surface area contributed by atoms with Crippen LogP contribution in [0.2, 0.25) is 0 Å². The number of nitrogens with two attached hydrogens (primary N) is 2. The Labute approximate surface area is 186 Å². The third-order valence-electron chi connectivity index (χ3n) is 6.04. The van der Waals surface area contributed by atoms with E-state index in [1.165, 1.54) is 44.7 Å². The van der Waals surface area contributed by atoms with Crippen LogP contribution in [0, 0.1) is 6.92 Å². The number of rotatable bonds is 2. The number of halogens is 1. The SMILES string of the molecule is CC1=C(C)C(=[N+](C)C)C(C)=C(C)C1=C(c1ccc(N)cc1)c1ccc(N)c(C)c1.[Cl-]. The van der Waals surface area contributed by atoms with Gasteiger partial charge in [0.1, 0.15) is 14.1 Å². The number of hydrogen-bond donors (Lipinski definition) is 2. The Morgan fingerprint density at radius 3 is 1.67 bits per heavy atom. The van der Waals surface area contributed by atoms with Gasteiger partial charge in [0.2, 0.25) is 5.71 Å². The monoisotopic (exact) mass is 421 g/mol. The van der Waals surface area contributed by atoms with Gasteiger partial charge in [-0.25, -0.2) is 4.58 Å². The molecule has 0 aliphatic heterocycles. The fourth-order valence-corrected chi connectivity index (χ4v) is 4.27. The second-order valence-corrected chi connectivity index (χ2v) is 8.19. The lowest BCUT2D eigenvalue weighted by Gasteiger charge is -2.26. The number of nitrogen functional groups attached to an aromatic ring is 2. The normalized spacial score (nSPS) is 14.1. The molecule has 2 aromatic carbocycles. The zero-order valence-corrected chi connectivity index (χ0v) is 19.8. The molecular formula is C26H32ClN3. The second-order valence-electron chi connectivity index (χ2n) is 8.19. The molecule has 1 aliphatic rings. The minimum atomic E-state index is 0. The molecule has 0 fully saturated rings. The molecule has 0 saturated heterocycles. The quantitative estimate of drug-likeness (QED) is 0.577. The summed E-state index contributed by atoms with van der Waals surface area (Å²) < 4.78 is 2.21. The molecule has 0 spiro atoms. The van der Waals surface area contributed by atoms with Crippen LogP contribution in [-0.4, -0.2) is 24.4 Å². The smallest absolute Gasteiger partial charge is 0.205 e. The Kier molecular flexibility index (Phi) is 6.99. The van der Waals surface area contributed by atoms with Crippen LogP contribution in [-0.2, 0) is 0 Å². The molecule has 0 amide bonds. The molecule has 3 rings (SSSR count). The summed E-state index contributed by atoms with van der Waals surface area (Å²) in [6.45, 7) is 11.0. The van der Waals surface area contributed by atoms with Crippen LogP contribution in [0.4, 0.5) is 11.4 Å². The van der Waals surface area contributed by atoms with Crippen molar-refractivity contribution in [3.63, 3.8) is 0 Å². The lowest BCUT2D eigenvalue weighted by Crippen LogP contribution is -3.00. The highest BCUT2D eigenvalue weighted by Gasteiger charge is 2.28. The largest absolute Gasteiger partial charge is 1.00 e. The van der Waals surface area contributed by atoms with Gasteiger partial charge in [-0.3, -0.25) is 0 Å². The maximum absolute atomic E-state index is 6.12. The van der Waals surface area contributed by atoms with Crippen LogP contribution in [0.3, 0.4) is 0 Å². The average Bonchev–Trinajstić information content (AvgIpc) is 2.67. The third-order valence-corrected chi connectivity index (χ3v) is 6.04. The molecule has 30 heavy (non-hydrogen) atoms. The highest BCUT2D eigenvalue weighted by Crippen LogP contribution is 2.40. The van der Waals surface area contributed by atoms with E-state index < -0.39 is 0 Å². The van der Waals surface area contributed by atoms with Crippen molar-refractivity contribution >= 4 is 22.7 Å². The fraction of sp³-hybridized carbons (Fsp3) is 0.269. The fourth-order valence-electron chi connectivity index (χ4n) is 4.27. The third kappa shape index (κ3) is 4.08. The van der Waals surface area contributed by atoms with Gasteiger partial charge < -0.3 is 23.9 Å². The van der Waals surface area contributed by atoms with Crippen molar-refractivity contribution in [2.75, 3.05) is 25.6 Å². The standard InChI is InChI=1S/C26H31N3.ClH/c1-15-14-21(10-13-23(15)28)25(20-8-11-22(27)12-9-20)24-16(2)18(4)26(29(6)7)19(5)17(24)3;/h8-14H,1-7H3,(H3,27,28);1H. The molecule has 0 bridgehead atoms. The van der Waals surface area contributed by atoms with Gasteiger partial charge in [-0.1, -0.05) is 18.2 Å². The molecule has 158 valence electrons. The Morgan fingerprint density at radius 2 is 1.20 bits per heavy atom. The van der Waals surface area contributed by atoms with Crippen LogP contribution in [0.25, 0.3) is 5.57 Å². The van der Waals surface area contributed by atoms with Gasteiger partial charge in [0, 0.05) is 22.5 Å². The van der Waals surface area contributed by atoms with Crippen molar-refractivity contribution in [3.05, 3.63) is 87.0 Å². The van der Waals surface area contributed by atoms with Crippen molar-refractivity contribution in [3.8, 4) is 0 Å². The van der Waals surface area contributed by atoms with E-state index >= 15 is 0 Å². The topological polar surface area (TPSA) is 55.0 Å². The number of nitrogens with zero attached hydrogens (tertiary/aromatic N) is 1. The maximum atomic E-state index is 6.12. The summed E-state index contributed by atoms with van der Waals surface area (Å²) in [5.41, 5.74) is 26.1. The average molecular weight is 422 g/mol. The van der Waals surface area contributed by atoms with E-state index in [1.54, 1.807) is 0 Å². The Bertz CT molecular complexity index is 1080. The molecule has 2 aromatic rings. The van der Waals surface area contributed by atoms with E-state index in [0.717, 1.165) is 22.5 Å². The number of allylic oxidation sites excluding steroid dienone is 5. The lowest BCUT2D eigenvalue weighted by atomic mass is 9.77. The number of benzene rings is 2. The van der Waals surface area contributed by atoms with E-state index in [1.807, 2.05) is 18.2 Å². The first-order valence-electron chi connectivity index (χ1n) is 10.0. The van der Waals surface area contributed by atoms with Crippen LogP contribution in [0.15, 0.2) is 70.3 Å². The van der Waals surface area contributed by atoms with Crippen LogP contribution in [0.5, 0.6) is 0 Å². The minimum Gasteiger partial charge on any atom is -1.00 e. The first-order chi connectivity index (χ1) is 13.6. The first-order valence-corrected chi connectivity index (χ1v) is 10.0. The van der Waals surface area contributed by atoms with Crippen molar-refractivity contribution in [2.24, 2.45) is 0 Å². The van der Waals surface area contributed by atoms with Gasteiger partial charge in [-0.15, -0.1) is 0 Å². The minimum absolute atomic E-state index is 0. The van der Waals surface area contributed by atoms with Gasteiger partial charge in [0.25, 0.3) is 0 Å². The molecule has 0 heterocycles. The first kappa shape index (κ1) is 23.5. The predicted molar refractivity (Wildman–Crippen MR) is 126 cm³/mol. The molecule has 3 nitrogen and oxygen atoms in total. The number of anilines is 2. The van der Waals surface area contributed by atoms with Crippen LogP contribution >= 0.6 is 0 Å². The Balaban J connectivity index is 0.00000320. The molecular weight excluding hydrogens is 390 g/mol. The van der Waals surface area contributed by atoms with E-state index in [0.29, 0.717) is 0 Å². The van der Waals surface area contributed by atoms with Gasteiger partial charge >= 0.3 is 0 Å². The van der Waals surface area contributed by atoms with Gasteiger partial charge in [0.05, 0.1) is 0 Å². The van der Waals surface area contributed by atoms with Crippen molar-refractivity contribution in [1.29, 1.82) is 0 Å². The van der Waals surface area contributed by atoms with E-state index in [2.05, 4.69) is 77.6 Å². The molecule has 0 aromatic heterocycles. The van der Waals surface area contributed by atoms with Gasteiger partial charge in [-0.05, 0) is 97.9 Å². The van der Waals surface area contributed by atoms with Crippen LogP contribution in [0.1, 0.15) is 44.4 Å². The summed E-state index contributed by atoms with van der Waals surface area (Å²) in [6.07, 6.45) is 0. The summed E-state index contributed by atoms with van der Waals surface area (Å²) in [5.74, 6) is 0. The lowest BCUT2D eigenvalue weighted by molar-refractivity contribution is -0.463. The van der Waals surface area contributed by atoms with Crippen molar-refractivity contribution in [2.45, 2.75) is 34.6 Å². The summed E-state index contributed by atoms with van der Waals surface area (Å²) >= 11 is 0. The summed E-state index contributed by atoms with van der Waals surface area (Å²) in [5, 5.41) is 0. The Morgan fingerprint density at radius 1 is 0.700 bits per heavy atom. The van der Waals surface area contributed by atoms with Gasteiger partial charge in [-0.2, -0.15) is 0 Å². The molecule has 0 radical (unpaired) electrons. The number of aryl methyl sites for hydroxylation is 1. The Hall–Kier alpha value is -2.78. The number of hydrogen-bond acceptors (Lipinski definition) is 2. The summed E-state index contributed by atoms with van der Waals surface area (Å²) in [7, 11) is 4.23. The highest BCUT2D eigenvalue weighted by atomic mass is 35.5. The highest BCUT2D eigenvalue weighted by molar-refractivity contribution is 6.13. The second kappa shape index (κ2) is 8.93. The zero-order valence-electron chi connectivity index (χ0n) is 19.0. The molecule has 0 saturated carbocycles. The van der Waals surface area contributed by atoms with E-state index in [-0.39, 0.29) is 12.4 Å². The van der Waals surface area contributed by atoms with Crippen LogP contribution < -0.4 is 23.9 Å². The molecule has 0 atom stereocenters. The molecule has 4 N–H and O–H groups in total. The van der Waals surface area contributed by atoms with E-state index in [4.69, 9.17) is 11.5 Å². The van der Waals surface area contributed by atoms with Crippen molar-refractivity contribution in [1.82, 2.24) is 0 Å². The van der Waals surface area contributed by atoms with Gasteiger partial charge in [0.15, 0.2) is 0 Å². The van der Waals surface area contributed by atoms with Crippen molar-refractivity contribution < 1.29 is 17.0 Å². The molecule has 4 heteroatoms.